The fraction of sp³-hybridized carbons (Fsp3) is 0.0667. The summed E-state index contributed by atoms with van der Waals surface area (Å²) >= 11 is 5.93. The molecule has 0 atom stereocenters. The molecule has 108 valence electrons. The molecule has 21 heavy (non-hydrogen) atoms. The second kappa shape index (κ2) is 5.85. The van der Waals surface area contributed by atoms with Crippen LogP contribution in [0.15, 0.2) is 36.4 Å². The molecule has 2 rings (SSSR count). The number of hydrogen-bond donors (Lipinski definition) is 2. The number of carboxylic acids is 2. The van der Waals surface area contributed by atoms with Crippen LogP contribution >= 0.6 is 11.6 Å². The third-order valence-electron chi connectivity index (χ3n) is 2.95. The Labute approximate surface area is 125 Å². The molecule has 0 aliphatic carbocycles. The average Bonchev–Trinajstić information content (AvgIpc) is 2.45. The Hall–Kier alpha value is -2.53. The van der Waals surface area contributed by atoms with E-state index in [0.29, 0.717) is 16.9 Å². The van der Waals surface area contributed by atoms with Crippen LogP contribution in [0.25, 0.3) is 11.1 Å². The first-order chi connectivity index (χ1) is 9.95. The molecular weight excluding hydrogens is 296 g/mol. The number of para-hydroxylation sites is 1. The summed E-state index contributed by atoms with van der Waals surface area (Å²) in [6, 6.07) is 9.67. The lowest BCUT2D eigenvalue weighted by Gasteiger charge is -2.11. The average molecular weight is 307 g/mol. The highest BCUT2D eigenvalue weighted by molar-refractivity contribution is 6.34. The van der Waals surface area contributed by atoms with Crippen molar-refractivity contribution in [1.82, 2.24) is 0 Å². The summed E-state index contributed by atoms with van der Waals surface area (Å²) in [6.07, 6.45) is 0. The largest absolute Gasteiger partial charge is 0.496 e. The smallest absolute Gasteiger partial charge is 0.338 e. The third-order valence-corrected chi connectivity index (χ3v) is 3.25. The Bertz CT molecular complexity index is 724. The van der Waals surface area contributed by atoms with Crippen LogP contribution in [-0.4, -0.2) is 29.3 Å². The van der Waals surface area contributed by atoms with Gasteiger partial charge in [0, 0.05) is 5.56 Å². The van der Waals surface area contributed by atoms with E-state index in [9.17, 15) is 14.7 Å². The predicted octanol–water partition coefficient (Wildman–Crippen LogP) is 3.41. The van der Waals surface area contributed by atoms with Crippen LogP contribution in [0.1, 0.15) is 20.7 Å². The maximum Gasteiger partial charge on any atom is 0.338 e. The SMILES string of the molecule is COc1ccccc1-c1cc(Cl)c(C(=O)O)c(C(=O)O)c1. The molecule has 0 radical (unpaired) electrons. The van der Waals surface area contributed by atoms with Gasteiger partial charge < -0.3 is 14.9 Å². The van der Waals surface area contributed by atoms with Crippen molar-refractivity contribution >= 4 is 23.5 Å². The number of rotatable bonds is 4. The summed E-state index contributed by atoms with van der Waals surface area (Å²) in [5, 5.41) is 18.1. The van der Waals surface area contributed by atoms with Crippen LogP contribution in [0.4, 0.5) is 0 Å². The lowest BCUT2D eigenvalue weighted by Crippen LogP contribution is -2.09. The molecule has 5 nitrogen and oxygen atoms in total. The first kappa shape index (κ1) is 14.9. The monoisotopic (exact) mass is 306 g/mol. The minimum atomic E-state index is -1.39. The van der Waals surface area contributed by atoms with Gasteiger partial charge in [-0.3, -0.25) is 0 Å². The zero-order valence-electron chi connectivity index (χ0n) is 11.0. The second-order valence-corrected chi connectivity index (χ2v) is 4.60. The Balaban J connectivity index is 2.72. The number of hydrogen-bond acceptors (Lipinski definition) is 3. The molecule has 0 bridgehead atoms. The van der Waals surface area contributed by atoms with Crippen molar-refractivity contribution in [3.8, 4) is 16.9 Å². The summed E-state index contributed by atoms with van der Waals surface area (Å²) in [4.78, 5) is 22.4. The van der Waals surface area contributed by atoms with E-state index in [-0.39, 0.29) is 10.6 Å². The van der Waals surface area contributed by atoms with Gasteiger partial charge in [0.1, 0.15) is 5.75 Å². The Morgan fingerprint density at radius 1 is 1.10 bits per heavy atom. The summed E-state index contributed by atoms with van der Waals surface area (Å²) in [5.74, 6) is -2.21. The number of benzene rings is 2. The first-order valence-electron chi connectivity index (χ1n) is 5.89. The molecule has 0 heterocycles. The van der Waals surface area contributed by atoms with Crippen LogP contribution in [0.3, 0.4) is 0 Å². The van der Waals surface area contributed by atoms with Crippen molar-refractivity contribution in [3.63, 3.8) is 0 Å². The molecular formula is C15H11ClO5. The topological polar surface area (TPSA) is 83.8 Å². The zero-order valence-corrected chi connectivity index (χ0v) is 11.7. The van der Waals surface area contributed by atoms with Crippen molar-refractivity contribution in [3.05, 3.63) is 52.5 Å². The molecule has 6 heteroatoms. The lowest BCUT2D eigenvalue weighted by atomic mass is 9.98. The van der Waals surface area contributed by atoms with Crippen molar-refractivity contribution in [1.29, 1.82) is 0 Å². The van der Waals surface area contributed by atoms with Gasteiger partial charge in [0.05, 0.1) is 23.3 Å². The molecule has 2 aromatic carbocycles. The Kier molecular flexibility index (Phi) is 4.14. The summed E-state index contributed by atoms with van der Waals surface area (Å²) in [5.41, 5.74) is 0.305. The molecule has 2 N–H and O–H groups in total. The summed E-state index contributed by atoms with van der Waals surface area (Å²) in [6.45, 7) is 0. The van der Waals surface area contributed by atoms with Gasteiger partial charge in [-0.1, -0.05) is 29.8 Å². The van der Waals surface area contributed by atoms with Crippen LogP contribution in [0, 0.1) is 0 Å². The highest BCUT2D eigenvalue weighted by Crippen LogP contribution is 2.34. The van der Waals surface area contributed by atoms with Gasteiger partial charge >= 0.3 is 11.9 Å². The van der Waals surface area contributed by atoms with Crippen LogP contribution < -0.4 is 4.74 Å². The quantitative estimate of drug-likeness (QED) is 0.904. The van der Waals surface area contributed by atoms with E-state index in [1.165, 1.54) is 19.2 Å². The third kappa shape index (κ3) is 2.83. The van der Waals surface area contributed by atoms with Gasteiger partial charge in [-0.2, -0.15) is 0 Å². The molecule has 0 aromatic heterocycles. The lowest BCUT2D eigenvalue weighted by molar-refractivity contribution is 0.0651. The normalized spacial score (nSPS) is 10.2. The summed E-state index contributed by atoms with van der Waals surface area (Å²) < 4.78 is 5.21. The molecule has 0 aliphatic heterocycles. The number of carboxylic acid groups (broad SMARTS) is 2. The highest BCUT2D eigenvalue weighted by atomic mass is 35.5. The maximum absolute atomic E-state index is 11.3. The Morgan fingerprint density at radius 3 is 2.33 bits per heavy atom. The molecule has 0 amide bonds. The summed E-state index contributed by atoms with van der Waals surface area (Å²) in [7, 11) is 1.49. The molecule has 0 saturated heterocycles. The van der Waals surface area contributed by atoms with Crippen molar-refractivity contribution in [2.24, 2.45) is 0 Å². The van der Waals surface area contributed by atoms with Crippen LogP contribution in [-0.2, 0) is 0 Å². The molecule has 0 spiro atoms. The van der Waals surface area contributed by atoms with E-state index in [1.807, 2.05) is 0 Å². The second-order valence-electron chi connectivity index (χ2n) is 4.19. The maximum atomic E-state index is 11.3. The minimum absolute atomic E-state index is 0.136. The molecule has 2 aromatic rings. The first-order valence-corrected chi connectivity index (χ1v) is 6.27. The zero-order chi connectivity index (χ0) is 15.6. The minimum Gasteiger partial charge on any atom is -0.496 e. The highest BCUT2D eigenvalue weighted by Gasteiger charge is 2.22. The van der Waals surface area contributed by atoms with E-state index >= 15 is 0 Å². The van der Waals surface area contributed by atoms with Gasteiger partial charge in [-0.05, 0) is 23.8 Å². The van der Waals surface area contributed by atoms with E-state index < -0.39 is 17.5 Å². The van der Waals surface area contributed by atoms with Crippen LogP contribution in [0.5, 0.6) is 5.75 Å². The molecule has 0 fully saturated rings. The molecule has 0 aliphatic rings. The van der Waals surface area contributed by atoms with Crippen molar-refractivity contribution in [2.45, 2.75) is 0 Å². The number of aromatic carboxylic acids is 2. The fourth-order valence-corrected chi connectivity index (χ4v) is 2.33. The fourth-order valence-electron chi connectivity index (χ4n) is 2.03. The van der Waals surface area contributed by atoms with Crippen molar-refractivity contribution < 1.29 is 24.5 Å². The van der Waals surface area contributed by atoms with Gasteiger partial charge in [0.15, 0.2) is 0 Å². The van der Waals surface area contributed by atoms with Gasteiger partial charge in [0.25, 0.3) is 0 Å². The van der Waals surface area contributed by atoms with E-state index in [4.69, 9.17) is 21.4 Å². The van der Waals surface area contributed by atoms with Gasteiger partial charge in [0.2, 0.25) is 0 Å². The van der Waals surface area contributed by atoms with Gasteiger partial charge in [-0.15, -0.1) is 0 Å². The van der Waals surface area contributed by atoms with Crippen molar-refractivity contribution in [2.75, 3.05) is 7.11 Å². The predicted molar refractivity (Wildman–Crippen MR) is 77.4 cm³/mol. The molecule has 0 unspecified atom stereocenters. The number of ether oxygens (including phenoxy) is 1. The number of methoxy groups -OCH3 is 1. The van der Waals surface area contributed by atoms with E-state index in [2.05, 4.69) is 0 Å². The Morgan fingerprint density at radius 2 is 1.76 bits per heavy atom. The molecule has 0 saturated carbocycles. The standard InChI is InChI=1S/C15H11ClO5/c1-21-12-5-3-2-4-9(12)8-6-10(14(17)18)13(15(19)20)11(16)7-8/h2-7H,1H3,(H,17,18)(H,19,20). The number of carbonyl (C=O) groups is 2. The van der Waals surface area contributed by atoms with Crippen LogP contribution in [0.2, 0.25) is 5.02 Å². The van der Waals surface area contributed by atoms with E-state index in [1.54, 1.807) is 24.3 Å². The van der Waals surface area contributed by atoms with E-state index in [0.717, 1.165) is 0 Å². The van der Waals surface area contributed by atoms with Gasteiger partial charge in [-0.25, -0.2) is 9.59 Å². The number of halogens is 1.